The number of carbonyl (C=O) groups is 1. The molecule has 0 fully saturated rings. The summed E-state index contributed by atoms with van der Waals surface area (Å²) in [6.07, 6.45) is 1.37. The van der Waals surface area contributed by atoms with Gasteiger partial charge in [0.25, 0.3) is 5.91 Å². The number of amides is 1. The number of nitrogens with one attached hydrogen (secondary N) is 1. The molecule has 0 aliphatic rings. The van der Waals surface area contributed by atoms with Gasteiger partial charge in [0, 0.05) is 22.4 Å². The van der Waals surface area contributed by atoms with Crippen LogP contribution in [0.5, 0.6) is 5.75 Å². The molecule has 2 aromatic carbocycles. The van der Waals surface area contributed by atoms with Crippen molar-refractivity contribution < 1.29 is 14.6 Å². The Kier molecular flexibility index (Phi) is 6.26. The van der Waals surface area contributed by atoms with Crippen LogP contribution >= 0.6 is 11.3 Å². The molecule has 0 saturated heterocycles. The van der Waals surface area contributed by atoms with Crippen LogP contribution in [0.4, 0.5) is 0 Å². The van der Waals surface area contributed by atoms with E-state index in [0.717, 1.165) is 34.2 Å². The molecule has 0 bridgehead atoms. The Morgan fingerprint density at radius 2 is 1.96 bits per heavy atom. The fourth-order valence-electron chi connectivity index (χ4n) is 2.69. The minimum atomic E-state index is -0.730. The summed E-state index contributed by atoms with van der Waals surface area (Å²) in [4.78, 5) is 12.3. The van der Waals surface area contributed by atoms with Gasteiger partial charge < -0.3 is 15.2 Å². The zero-order chi connectivity index (χ0) is 18.4. The number of hydrogen-bond acceptors (Lipinski definition) is 4. The van der Waals surface area contributed by atoms with Gasteiger partial charge in [-0.1, -0.05) is 31.5 Å². The van der Waals surface area contributed by atoms with Gasteiger partial charge in [-0.25, -0.2) is 0 Å². The van der Waals surface area contributed by atoms with Crippen LogP contribution in [-0.2, 0) is 0 Å². The van der Waals surface area contributed by atoms with Crippen molar-refractivity contribution in [3.8, 4) is 5.75 Å². The van der Waals surface area contributed by atoms with Gasteiger partial charge in [0.1, 0.15) is 5.75 Å². The molecule has 0 saturated carbocycles. The van der Waals surface area contributed by atoms with Crippen molar-refractivity contribution in [3.63, 3.8) is 0 Å². The number of thiophene rings is 1. The smallest absolute Gasteiger partial charge is 0.251 e. The molecule has 1 amide bonds. The summed E-state index contributed by atoms with van der Waals surface area (Å²) in [6, 6.07) is 15.0. The summed E-state index contributed by atoms with van der Waals surface area (Å²) < 4.78 is 6.73. The van der Waals surface area contributed by atoms with Crippen molar-refractivity contribution in [3.05, 3.63) is 65.0 Å². The van der Waals surface area contributed by atoms with E-state index in [1.807, 2.05) is 29.6 Å². The first kappa shape index (κ1) is 18.4. The summed E-state index contributed by atoms with van der Waals surface area (Å²) >= 11 is 1.60. The van der Waals surface area contributed by atoms with Crippen LogP contribution in [0.2, 0.25) is 0 Å². The fourth-order valence-corrected chi connectivity index (χ4v) is 3.70. The normalized spacial score (nSPS) is 12.1. The van der Waals surface area contributed by atoms with E-state index in [1.165, 1.54) is 0 Å². The summed E-state index contributed by atoms with van der Waals surface area (Å²) in [5, 5.41) is 16.2. The van der Waals surface area contributed by atoms with Gasteiger partial charge in [0.15, 0.2) is 0 Å². The average molecular weight is 369 g/mol. The third-order valence-electron chi connectivity index (χ3n) is 4.21. The second-order valence-electron chi connectivity index (χ2n) is 6.14. The van der Waals surface area contributed by atoms with Crippen LogP contribution in [0.15, 0.2) is 53.9 Å². The lowest BCUT2D eigenvalue weighted by molar-refractivity contribution is 0.0917. The maximum atomic E-state index is 12.3. The number of benzene rings is 2. The van der Waals surface area contributed by atoms with E-state index >= 15 is 0 Å². The second kappa shape index (κ2) is 8.83. The molecule has 0 aliphatic carbocycles. The van der Waals surface area contributed by atoms with Gasteiger partial charge >= 0.3 is 0 Å². The molecule has 5 heteroatoms. The van der Waals surface area contributed by atoms with Gasteiger partial charge in [-0.3, -0.25) is 4.79 Å². The highest BCUT2D eigenvalue weighted by atomic mass is 32.1. The van der Waals surface area contributed by atoms with Gasteiger partial charge in [-0.05, 0) is 47.5 Å². The molecule has 4 nitrogen and oxygen atoms in total. The van der Waals surface area contributed by atoms with Crippen LogP contribution < -0.4 is 10.1 Å². The molecule has 3 rings (SSSR count). The first-order chi connectivity index (χ1) is 12.7. The van der Waals surface area contributed by atoms with Gasteiger partial charge in [0.05, 0.1) is 12.7 Å². The minimum absolute atomic E-state index is 0.175. The summed E-state index contributed by atoms with van der Waals surface area (Å²) in [5.41, 5.74) is 1.40. The third kappa shape index (κ3) is 4.42. The number of carbonyl (C=O) groups excluding carboxylic acids is 1. The Morgan fingerprint density at radius 1 is 1.19 bits per heavy atom. The topological polar surface area (TPSA) is 58.6 Å². The van der Waals surface area contributed by atoms with E-state index < -0.39 is 6.10 Å². The molecule has 0 aliphatic heterocycles. The quantitative estimate of drug-likeness (QED) is 0.573. The van der Waals surface area contributed by atoms with E-state index in [4.69, 9.17) is 4.74 Å². The van der Waals surface area contributed by atoms with E-state index in [0.29, 0.717) is 12.2 Å². The standard InChI is InChI=1S/C21H23NO3S/c1-2-3-12-25-16-10-8-15(9-11-16)21(24)22-13-19(23)18-14-26-20-7-5-4-6-17(18)20/h4-11,14,19,23H,2-3,12-13H2,1H3,(H,22,24)/t19-/m1/s1. The lowest BCUT2D eigenvalue weighted by Gasteiger charge is -2.12. The lowest BCUT2D eigenvalue weighted by atomic mass is 10.1. The zero-order valence-corrected chi connectivity index (χ0v) is 15.6. The van der Waals surface area contributed by atoms with Gasteiger partial charge in [-0.15, -0.1) is 11.3 Å². The zero-order valence-electron chi connectivity index (χ0n) is 14.8. The van der Waals surface area contributed by atoms with Crippen LogP contribution in [-0.4, -0.2) is 24.2 Å². The summed E-state index contributed by atoms with van der Waals surface area (Å²) in [7, 11) is 0. The van der Waals surface area contributed by atoms with Gasteiger partial charge in [-0.2, -0.15) is 0 Å². The summed E-state index contributed by atoms with van der Waals surface area (Å²) in [6.45, 7) is 2.97. The number of aliphatic hydroxyl groups excluding tert-OH is 1. The molecular weight excluding hydrogens is 346 g/mol. The summed E-state index contributed by atoms with van der Waals surface area (Å²) in [5.74, 6) is 0.559. The van der Waals surface area contributed by atoms with E-state index in [-0.39, 0.29) is 12.5 Å². The molecule has 1 aromatic heterocycles. The molecule has 2 N–H and O–H groups in total. The first-order valence-electron chi connectivity index (χ1n) is 8.84. The van der Waals surface area contributed by atoms with Crippen molar-refractivity contribution in [2.24, 2.45) is 0 Å². The molecule has 1 heterocycles. The highest BCUT2D eigenvalue weighted by Crippen LogP contribution is 2.29. The van der Waals surface area contributed by atoms with Crippen molar-refractivity contribution in [1.29, 1.82) is 0 Å². The molecule has 26 heavy (non-hydrogen) atoms. The highest BCUT2D eigenvalue weighted by molar-refractivity contribution is 7.17. The molecule has 136 valence electrons. The first-order valence-corrected chi connectivity index (χ1v) is 9.72. The molecule has 3 aromatic rings. The van der Waals surface area contributed by atoms with E-state index in [2.05, 4.69) is 12.2 Å². The largest absolute Gasteiger partial charge is 0.494 e. The van der Waals surface area contributed by atoms with Crippen LogP contribution in [0, 0.1) is 0 Å². The second-order valence-corrected chi connectivity index (χ2v) is 7.05. The Bertz CT molecular complexity index is 857. The Balaban J connectivity index is 1.56. The monoisotopic (exact) mass is 369 g/mol. The molecule has 1 atom stereocenters. The van der Waals surface area contributed by atoms with E-state index in [9.17, 15) is 9.90 Å². The van der Waals surface area contributed by atoms with Crippen LogP contribution in [0.3, 0.4) is 0 Å². The van der Waals surface area contributed by atoms with Crippen LogP contribution in [0.25, 0.3) is 10.1 Å². The average Bonchev–Trinajstić information content (AvgIpc) is 3.11. The van der Waals surface area contributed by atoms with Crippen molar-refractivity contribution in [1.82, 2.24) is 5.32 Å². The Labute approximate surface area is 157 Å². The van der Waals surface area contributed by atoms with Gasteiger partial charge in [0.2, 0.25) is 0 Å². The van der Waals surface area contributed by atoms with Crippen molar-refractivity contribution >= 4 is 27.3 Å². The number of fused-ring (bicyclic) bond motifs is 1. The molecule has 0 radical (unpaired) electrons. The predicted octanol–water partition coefficient (Wildman–Crippen LogP) is 4.54. The molecular formula is C21H23NO3S. The maximum Gasteiger partial charge on any atom is 0.251 e. The van der Waals surface area contributed by atoms with Crippen LogP contribution in [0.1, 0.15) is 41.8 Å². The van der Waals surface area contributed by atoms with Crippen molar-refractivity contribution in [2.75, 3.05) is 13.2 Å². The lowest BCUT2D eigenvalue weighted by Crippen LogP contribution is -2.28. The maximum absolute atomic E-state index is 12.3. The minimum Gasteiger partial charge on any atom is -0.494 e. The number of hydrogen-bond donors (Lipinski definition) is 2. The molecule has 0 unspecified atom stereocenters. The number of rotatable bonds is 8. The predicted molar refractivity (Wildman–Crippen MR) is 106 cm³/mol. The Hall–Kier alpha value is -2.37. The third-order valence-corrected chi connectivity index (χ3v) is 5.19. The number of unbranched alkanes of at least 4 members (excludes halogenated alkanes) is 1. The fraction of sp³-hybridized carbons (Fsp3) is 0.286. The SMILES string of the molecule is CCCCOc1ccc(C(=O)NC[C@@H](O)c2csc3ccccc23)cc1. The Morgan fingerprint density at radius 3 is 2.73 bits per heavy atom. The van der Waals surface area contributed by atoms with E-state index in [1.54, 1.807) is 35.6 Å². The number of ether oxygens (including phenoxy) is 1. The van der Waals surface area contributed by atoms with Crippen molar-refractivity contribution in [2.45, 2.75) is 25.9 Å². The highest BCUT2D eigenvalue weighted by Gasteiger charge is 2.14. The molecule has 0 spiro atoms. The number of aliphatic hydroxyl groups is 1.